The number of hydrogen-bond acceptors (Lipinski definition) is 6. The zero-order chi connectivity index (χ0) is 18.5. The van der Waals surface area contributed by atoms with E-state index in [-0.39, 0.29) is 0 Å². The van der Waals surface area contributed by atoms with Crippen LogP contribution in [0.3, 0.4) is 0 Å². The van der Waals surface area contributed by atoms with Gasteiger partial charge < -0.3 is 9.26 Å². The molecule has 0 aliphatic rings. The van der Waals surface area contributed by atoms with Gasteiger partial charge >= 0.3 is 0 Å². The standard InChI is InChI=1S/C20H18N4O2S/c1-25-17-9-7-16(8-10-17)24-12-11-21-20(24)27-14-19-22-18(23-26-19)13-15-5-3-2-4-6-15/h2-12H,13-14H2,1H3. The summed E-state index contributed by atoms with van der Waals surface area (Å²) in [5, 5.41) is 4.93. The lowest BCUT2D eigenvalue weighted by Crippen LogP contribution is -1.96. The highest BCUT2D eigenvalue weighted by molar-refractivity contribution is 7.98. The van der Waals surface area contributed by atoms with Crippen molar-refractivity contribution in [1.82, 2.24) is 19.7 Å². The first-order chi connectivity index (χ1) is 13.3. The van der Waals surface area contributed by atoms with E-state index in [0.717, 1.165) is 22.2 Å². The lowest BCUT2D eigenvalue weighted by atomic mass is 10.1. The topological polar surface area (TPSA) is 66.0 Å². The van der Waals surface area contributed by atoms with Crippen molar-refractivity contribution in [3.8, 4) is 11.4 Å². The Balaban J connectivity index is 1.42. The Bertz CT molecular complexity index is 996. The zero-order valence-corrected chi connectivity index (χ0v) is 15.6. The summed E-state index contributed by atoms with van der Waals surface area (Å²) in [6.07, 6.45) is 4.37. The van der Waals surface area contributed by atoms with E-state index >= 15 is 0 Å². The number of imidazole rings is 1. The van der Waals surface area contributed by atoms with Gasteiger partial charge in [-0.25, -0.2) is 4.98 Å². The van der Waals surface area contributed by atoms with Crippen LogP contribution in [0.1, 0.15) is 17.3 Å². The van der Waals surface area contributed by atoms with Crippen molar-refractivity contribution in [1.29, 1.82) is 0 Å². The van der Waals surface area contributed by atoms with Gasteiger partial charge in [0.1, 0.15) is 5.75 Å². The molecule has 4 rings (SSSR count). The smallest absolute Gasteiger partial charge is 0.237 e. The molecule has 0 radical (unpaired) electrons. The normalized spacial score (nSPS) is 10.9. The SMILES string of the molecule is COc1ccc(-n2ccnc2SCc2nc(Cc3ccccc3)no2)cc1. The fraction of sp³-hybridized carbons (Fsp3) is 0.150. The van der Waals surface area contributed by atoms with E-state index in [1.807, 2.05) is 53.2 Å². The summed E-state index contributed by atoms with van der Waals surface area (Å²) in [5.74, 6) is 2.67. The maximum absolute atomic E-state index is 5.38. The van der Waals surface area contributed by atoms with Gasteiger partial charge in [0.2, 0.25) is 5.89 Å². The minimum Gasteiger partial charge on any atom is -0.497 e. The molecule has 0 N–H and O–H groups in total. The molecular weight excluding hydrogens is 360 g/mol. The van der Waals surface area contributed by atoms with Crippen molar-refractivity contribution in [2.24, 2.45) is 0 Å². The number of hydrogen-bond donors (Lipinski definition) is 0. The predicted molar refractivity (Wildman–Crippen MR) is 103 cm³/mol. The van der Waals surface area contributed by atoms with Crippen LogP contribution in [0.5, 0.6) is 5.75 Å². The highest BCUT2D eigenvalue weighted by Crippen LogP contribution is 2.24. The quantitative estimate of drug-likeness (QED) is 0.450. The fourth-order valence-corrected chi connectivity index (χ4v) is 3.47. The van der Waals surface area contributed by atoms with Crippen LogP contribution in [0.25, 0.3) is 5.69 Å². The van der Waals surface area contributed by atoms with Gasteiger partial charge in [0.05, 0.1) is 12.9 Å². The first-order valence-electron chi connectivity index (χ1n) is 8.48. The molecule has 0 fully saturated rings. The van der Waals surface area contributed by atoms with Gasteiger partial charge in [-0.3, -0.25) is 4.57 Å². The molecule has 0 saturated carbocycles. The molecular formula is C20H18N4O2S. The van der Waals surface area contributed by atoms with Crippen LogP contribution in [0, 0.1) is 0 Å². The summed E-state index contributed by atoms with van der Waals surface area (Å²) in [5.41, 5.74) is 2.18. The van der Waals surface area contributed by atoms with E-state index in [4.69, 9.17) is 9.26 Å². The van der Waals surface area contributed by atoms with Gasteiger partial charge in [0.15, 0.2) is 11.0 Å². The lowest BCUT2D eigenvalue weighted by Gasteiger charge is -2.07. The van der Waals surface area contributed by atoms with Gasteiger partial charge in [-0.2, -0.15) is 4.98 Å². The Labute approximate surface area is 161 Å². The maximum atomic E-state index is 5.38. The zero-order valence-electron chi connectivity index (χ0n) is 14.8. The fourth-order valence-electron chi connectivity index (χ4n) is 2.66. The van der Waals surface area contributed by atoms with Crippen LogP contribution in [0.15, 0.2) is 76.7 Å². The van der Waals surface area contributed by atoms with E-state index in [9.17, 15) is 0 Å². The highest BCUT2D eigenvalue weighted by Gasteiger charge is 2.11. The first-order valence-corrected chi connectivity index (χ1v) is 9.46. The maximum Gasteiger partial charge on any atom is 0.237 e. The molecule has 2 heterocycles. The van der Waals surface area contributed by atoms with Gasteiger partial charge in [-0.1, -0.05) is 47.3 Å². The van der Waals surface area contributed by atoms with Gasteiger partial charge in [-0.15, -0.1) is 0 Å². The second-order valence-electron chi connectivity index (χ2n) is 5.83. The molecule has 2 aromatic heterocycles. The van der Waals surface area contributed by atoms with Crippen molar-refractivity contribution in [3.05, 3.63) is 84.3 Å². The third-order valence-corrected chi connectivity index (χ3v) is 4.95. The van der Waals surface area contributed by atoms with Crippen LogP contribution < -0.4 is 4.74 Å². The molecule has 7 heteroatoms. The van der Waals surface area contributed by atoms with Crippen LogP contribution in [0.2, 0.25) is 0 Å². The first kappa shape index (κ1) is 17.4. The molecule has 0 spiro atoms. The summed E-state index contributed by atoms with van der Waals surface area (Å²) in [7, 11) is 1.66. The van der Waals surface area contributed by atoms with Crippen LogP contribution >= 0.6 is 11.8 Å². The number of ether oxygens (including phenoxy) is 1. The van der Waals surface area contributed by atoms with Crippen molar-refractivity contribution in [2.75, 3.05) is 7.11 Å². The molecule has 0 saturated heterocycles. The number of benzene rings is 2. The van der Waals surface area contributed by atoms with E-state index in [0.29, 0.717) is 23.9 Å². The number of thioether (sulfide) groups is 1. The van der Waals surface area contributed by atoms with Gasteiger partial charge in [0, 0.05) is 24.5 Å². The number of nitrogens with zero attached hydrogens (tertiary/aromatic N) is 4. The van der Waals surface area contributed by atoms with E-state index in [2.05, 4.69) is 27.3 Å². The molecule has 0 aliphatic heterocycles. The molecule has 0 atom stereocenters. The summed E-state index contributed by atoms with van der Waals surface area (Å²) < 4.78 is 12.6. The number of aromatic nitrogens is 4. The average Bonchev–Trinajstić information content (AvgIpc) is 3.36. The summed E-state index contributed by atoms with van der Waals surface area (Å²) in [6.45, 7) is 0. The van der Waals surface area contributed by atoms with E-state index in [1.165, 1.54) is 0 Å². The van der Waals surface area contributed by atoms with Gasteiger partial charge in [-0.05, 0) is 29.8 Å². The summed E-state index contributed by atoms with van der Waals surface area (Å²) in [6, 6.07) is 18.0. The Kier molecular flexibility index (Phi) is 5.20. The largest absolute Gasteiger partial charge is 0.497 e. The molecule has 0 amide bonds. The molecule has 0 unspecified atom stereocenters. The summed E-state index contributed by atoms with van der Waals surface area (Å²) >= 11 is 1.56. The van der Waals surface area contributed by atoms with Crippen molar-refractivity contribution in [2.45, 2.75) is 17.3 Å². The van der Waals surface area contributed by atoms with E-state index < -0.39 is 0 Å². The van der Waals surface area contributed by atoms with Crippen LogP contribution in [-0.2, 0) is 12.2 Å². The third kappa shape index (κ3) is 4.20. The lowest BCUT2D eigenvalue weighted by molar-refractivity contribution is 0.385. The van der Waals surface area contributed by atoms with E-state index in [1.54, 1.807) is 25.1 Å². The monoisotopic (exact) mass is 378 g/mol. The summed E-state index contributed by atoms with van der Waals surface area (Å²) in [4.78, 5) is 8.91. The minimum absolute atomic E-state index is 0.564. The number of methoxy groups -OCH3 is 1. The minimum atomic E-state index is 0.564. The highest BCUT2D eigenvalue weighted by atomic mass is 32.2. The predicted octanol–water partition coefficient (Wildman–Crippen LogP) is 4.15. The Morgan fingerprint density at radius 3 is 2.67 bits per heavy atom. The van der Waals surface area contributed by atoms with Crippen molar-refractivity contribution in [3.63, 3.8) is 0 Å². The molecule has 4 aromatic rings. The molecule has 0 aliphatic carbocycles. The van der Waals surface area contributed by atoms with Gasteiger partial charge in [0.25, 0.3) is 0 Å². The number of rotatable bonds is 7. The third-order valence-electron chi connectivity index (χ3n) is 4.00. The van der Waals surface area contributed by atoms with Crippen LogP contribution in [-0.4, -0.2) is 26.8 Å². The molecule has 6 nitrogen and oxygen atoms in total. The van der Waals surface area contributed by atoms with Crippen LogP contribution in [0.4, 0.5) is 0 Å². The second-order valence-corrected chi connectivity index (χ2v) is 6.78. The van der Waals surface area contributed by atoms with Crippen molar-refractivity contribution < 1.29 is 9.26 Å². The van der Waals surface area contributed by atoms with Crippen molar-refractivity contribution >= 4 is 11.8 Å². The Morgan fingerprint density at radius 1 is 1.07 bits per heavy atom. The molecule has 0 bridgehead atoms. The Hall–Kier alpha value is -3.06. The molecule has 27 heavy (non-hydrogen) atoms. The molecule has 136 valence electrons. The second kappa shape index (κ2) is 8.09. The Morgan fingerprint density at radius 2 is 1.89 bits per heavy atom. The molecule has 2 aromatic carbocycles. The average molecular weight is 378 g/mol.